The number of nitrogens with zero attached hydrogens (tertiary/aromatic N) is 1. The van der Waals surface area contributed by atoms with Crippen molar-refractivity contribution in [1.29, 1.82) is 5.26 Å². The highest BCUT2D eigenvalue weighted by Gasteiger charge is 2.34. The lowest BCUT2D eigenvalue weighted by Gasteiger charge is -2.14. The van der Waals surface area contributed by atoms with Gasteiger partial charge in [-0.2, -0.15) is 18.4 Å². The second kappa shape index (κ2) is 5.49. The zero-order valence-corrected chi connectivity index (χ0v) is 10.1. The van der Waals surface area contributed by atoms with E-state index < -0.39 is 11.7 Å². The summed E-state index contributed by atoms with van der Waals surface area (Å²) < 4.78 is 43.6. The van der Waals surface area contributed by atoms with Gasteiger partial charge in [0, 0.05) is 12.5 Å². The molecule has 1 unspecified atom stereocenters. The van der Waals surface area contributed by atoms with Crippen LogP contribution in [0.2, 0.25) is 0 Å². The molecule has 0 aromatic heterocycles. The van der Waals surface area contributed by atoms with Gasteiger partial charge in [0.1, 0.15) is 5.75 Å². The van der Waals surface area contributed by atoms with E-state index in [9.17, 15) is 13.2 Å². The third-order valence-corrected chi connectivity index (χ3v) is 3.06. The Balaban J connectivity index is 2.11. The minimum Gasteiger partial charge on any atom is -0.493 e. The smallest absolute Gasteiger partial charge is 0.417 e. The summed E-state index contributed by atoms with van der Waals surface area (Å²) in [6.07, 6.45) is -3.58. The molecule has 1 aromatic rings. The van der Waals surface area contributed by atoms with E-state index in [-0.39, 0.29) is 11.3 Å². The Morgan fingerprint density at radius 1 is 1.42 bits per heavy atom. The summed E-state index contributed by atoms with van der Waals surface area (Å²) in [6.45, 7) is 2.12. The minimum absolute atomic E-state index is 0.151. The number of ether oxygens (including phenoxy) is 1. The van der Waals surface area contributed by atoms with E-state index in [1.54, 1.807) is 6.07 Å². The Bertz CT molecular complexity index is 488. The Labute approximate surface area is 109 Å². The predicted octanol–water partition coefficient (Wildman–Crippen LogP) is 2.57. The highest BCUT2D eigenvalue weighted by Crippen LogP contribution is 2.34. The molecule has 0 saturated carbocycles. The summed E-state index contributed by atoms with van der Waals surface area (Å²) in [7, 11) is 0. The van der Waals surface area contributed by atoms with Gasteiger partial charge in [0.15, 0.2) is 0 Å². The largest absolute Gasteiger partial charge is 0.493 e. The van der Waals surface area contributed by atoms with E-state index in [1.807, 2.05) is 0 Å². The van der Waals surface area contributed by atoms with Gasteiger partial charge in [-0.15, -0.1) is 0 Å². The topological polar surface area (TPSA) is 45.0 Å². The summed E-state index contributed by atoms with van der Waals surface area (Å²) >= 11 is 0. The molecule has 1 aliphatic rings. The summed E-state index contributed by atoms with van der Waals surface area (Å²) in [5, 5.41) is 11.8. The van der Waals surface area contributed by atoms with Crippen molar-refractivity contribution in [2.75, 3.05) is 19.7 Å². The van der Waals surface area contributed by atoms with E-state index in [0.29, 0.717) is 12.5 Å². The maximum Gasteiger partial charge on any atom is 0.417 e. The number of benzene rings is 1. The number of nitriles is 1. The van der Waals surface area contributed by atoms with E-state index in [4.69, 9.17) is 10.00 Å². The van der Waals surface area contributed by atoms with Crippen LogP contribution >= 0.6 is 0 Å². The van der Waals surface area contributed by atoms with Crippen LogP contribution in [0.3, 0.4) is 0 Å². The molecular formula is C13H13F3N2O. The predicted molar refractivity (Wildman–Crippen MR) is 62.6 cm³/mol. The monoisotopic (exact) mass is 270 g/mol. The van der Waals surface area contributed by atoms with Crippen molar-refractivity contribution in [1.82, 2.24) is 5.32 Å². The Hall–Kier alpha value is -1.74. The standard InChI is InChI=1S/C13H13F3N2O/c14-13(15,16)12-5-11(2-1-10(12)6-17)19-8-9-3-4-18-7-9/h1-2,5,9,18H,3-4,7-8H2. The van der Waals surface area contributed by atoms with Crippen LogP contribution in [0, 0.1) is 17.2 Å². The van der Waals surface area contributed by atoms with Crippen LogP contribution in [0.15, 0.2) is 18.2 Å². The van der Waals surface area contributed by atoms with E-state index in [2.05, 4.69) is 5.32 Å². The lowest BCUT2D eigenvalue weighted by molar-refractivity contribution is -0.137. The van der Waals surface area contributed by atoms with Crippen LogP contribution in [-0.2, 0) is 6.18 Å². The zero-order valence-electron chi connectivity index (χ0n) is 10.1. The number of alkyl halides is 3. The fourth-order valence-electron chi connectivity index (χ4n) is 2.02. The van der Waals surface area contributed by atoms with Crippen molar-refractivity contribution in [2.45, 2.75) is 12.6 Å². The van der Waals surface area contributed by atoms with Crippen molar-refractivity contribution in [2.24, 2.45) is 5.92 Å². The highest BCUT2D eigenvalue weighted by molar-refractivity contribution is 5.44. The molecule has 2 rings (SSSR count). The molecule has 1 aliphatic heterocycles. The van der Waals surface area contributed by atoms with Gasteiger partial charge < -0.3 is 10.1 Å². The van der Waals surface area contributed by atoms with Gasteiger partial charge in [-0.3, -0.25) is 0 Å². The lowest BCUT2D eigenvalue weighted by atomic mass is 10.1. The normalized spacial score (nSPS) is 19.2. The molecule has 6 heteroatoms. The van der Waals surface area contributed by atoms with Crippen LogP contribution in [0.1, 0.15) is 17.5 Å². The van der Waals surface area contributed by atoms with Gasteiger partial charge in [0.25, 0.3) is 0 Å². The summed E-state index contributed by atoms with van der Waals surface area (Å²) in [4.78, 5) is 0. The Morgan fingerprint density at radius 2 is 2.21 bits per heavy atom. The molecule has 19 heavy (non-hydrogen) atoms. The molecule has 1 atom stereocenters. The summed E-state index contributed by atoms with van der Waals surface area (Å²) in [5.74, 6) is 0.475. The van der Waals surface area contributed by atoms with Crippen LogP contribution < -0.4 is 10.1 Å². The molecule has 0 spiro atoms. The maximum atomic E-state index is 12.7. The molecule has 102 valence electrons. The average Bonchev–Trinajstić information content (AvgIpc) is 2.88. The highest BCUT2D eigenvalue weighted by atomic mass is 19.4. The first kappa shape index (κ1) is 13.7. The third kappa shape index (κ3) is 3.38. The van der Waals surface area contributed by atoms with Crippen molar-refractivity contribution >= 4 is 0 Å². The van der Waals surface area contributed by atoms with E-state index in [0.717, 1.165) is 31.6 Å². The molecule has 1 saturated heterocycles. The fourth-order valence-corrected chi connectivity index (χ4v) is 2.02. The maximum absolute atomic E-state index is 12.7. The van der Waals surface area contributed by atoms with Gasteiger partial charge in [-0.25, -0.2) is 0 Å². The van der Waals surface area contributed by atoms with Crippen LogP contribution in [0.4, 0.5) is 13.2 Å². The summed E-state index contributed by atoms with van der Waals surface area (Å²) in [5.41, 5.74) is -1.33. The molecule has 0 aliphatic carbocycles. The first-order valence-electron chi connectivity index (χ1n) is 5.95. The number of halogens is 3. The van der Waals surface area contributed by atoms with Gasteiger partial charge in [-0.1, -0.05) is 0 Å². The first-order chi connectivity index (χ1) is 9.00. The first-order valence-corrected chi connectivity index (χ1v) is 5.95. The lowest BCUT2D eigenvalue weighted by Crippen LogP contribution is -2.16. The Morgan fingerprint density at radius 3 is 2.79 bits per heavy atom. The molecule has 0 amide bonds. The van der Waals surface area contributed by atoms with Crippen LogP contribution in [-0.4, -0.2) is 19.7 Å². The number of hydrogen-bond donors (Lipinski definition) is 1. The van der Waals surface area contributed by atoms with E-state index in [1.165, 1.54) is 6.07 Å². The molecule has 1 aromatic carbocycles. The molecule has 1 fully saturated rings. The SMILES string of the molecule is N#Cc1ccc(OCC2CCNC2)cc1C(F)(F)F. The van der Waals surface area contributed by atoms with Crippen molar-refractivity contribution in [3.05, 3.63) is 29.3 Å². The second-order valence-corrected chi connectivity index (χ2v) is 4.49. The molecule has 0 radical (unpaired) electrons. The molecule has 1 N–H and O–H groups in total. The fraction of sp³-hybridized carbons (Fsp3) is 0.462. The third-order valence-electron chi connectivity index (χ3n) is 3.06. The van der Waals surface area contributed by atoms with Gasteiger partial charge >= 0.3 is 6.18 Å². The number of nitrogens with one attached hydrogen (secondary N) is 1. The van der Waals surface area contributed by atoms with Crippen LogP contribution in [0.25, 0.3) is 0 Å². The van der Waals surface area contributed by atoms with E-state index >= 15 is 0 Å². The zero-order chi connectivity index (χ0) is 13.9. The van der Waals surface area contributed by atoms with Crippen molar-refractivity contribution < 1.29 is 17.9 Å². The van der Waals surface area contributed by atoms with Crippen molar-refractivity contribution in [3.8, 4) is 11.8 Å². The van der Waals surface area contributed by atoms with Gasteiger partial charge in [0.05, 0.1) is 23.8 Å². The van der Waals surface area contributed by atoms with Gasteiger partial charge in [0.2, 0.25) is 0 Å². The van der Waals surface area contributed by atoms with Gasteiger partial charge in [-0.05, 0) is 31.2 Å². The minimum atomic E-state index is -4.54. The average molecular weight is 270 g/mol. The molecule has 3 nitrogen and oxygen atoms in total. The Kier molecular flexibility index (Phi) is 3.96. The number of hydrogen-bond acceptors (Lipinski definition) is 3. The quantitative estimate of drug-likeness (QED) is 0.918. The van der Waals surface area contributed by atoms with Crippen LogP contribution in [0.5, 0.6) is 5.75 Å². The van der Waals surface area contributed by atoms with Crippen molar-refractivity contribution in [3.63, 3.8) is 0 Å². The number of rotatable bonds is 3. The second-order valence-electron chi connectivity index (χ2n) is 4.49. The molecular weight excluding hydrogens is 257 g/mol. The molecule has 1 heterocycles. The summed E-state index contributed by atoms with van der Waals surface area (Å²) in [6, 6.07) is 4.97. The molecule has 0 bridgehead atoms.